The van der Waals surface area contributed by atoms with Crippen LogP contribution in [0.4, 0.5) is 0 Å². The Balaban J connectivity index is 3.85. The first kappa shape index (κ1) is 7.62. The molecule has 0 spiro atoms. The summed E-state index contributed by atoms with van der Waals surface area (Å²) in [6.07, 6.45) is 2.14. The highest BCUT2D eigenvalue weighted by Crippen LogP contribution is 1.83. The van der Waals surface area contributed by atoms with Crippen LogP contribution in [-0.2, 0) is 9.59 Å². The van der Waals surface area contributed by atoms with Crippen molar-refractivity contribution in [2.75, 3.05) is 0 Å². The summed E-state index contributed by atoms with van der Waals surface area (Å²) in [4.78, 5) is 19.7. The molecule has 0 heterocycles. The van der Waals surface area contributed by atoms with Crippen LogP contribution in [0.3, 0.4) is 0 Å². The van der Waals surface area contributed by atoms with Crippen LogP contribution in [-0.4, -0.2) is 17.2 Å². The highest BCUT2D eigenvalue weighted by molar-refractivity contribution is 6.30. The van der Waals surface area contributed by atoms with Crippen LogP contribution < -0.4 is 0 Å². The number of hydrogen-bond acceptors (Lipinski definition) is 3. The fourth-order valence-corrected chi connectivity index (χ4v) is 0.218. The zero-order chi connectivity index (χ0) is 7.28. The molecule has 9 heavy (non-hydrogen) atoms. The molecule has 0 aliphatic rings. The van der Waals surface area contributed by atoms with Crippen LogP contribution in [0.1, 0.15) is 0 Å². The van der Waals surface area contributed by atoms with E-state index in [0.717, 1.165) is 12.2 Å². The van der Waals surface area contributed by atoms with Crippen molar-refractivity contribution in [3.63, 3.8) is 0 Å². The van der Waals surface area contributed by atoms with E-state index < -0.39 is 5.78 Å². The second-order valence-electron chi connectivity index (χ2n) is 1.34. The van der Waals surface area contributed by atoms with Crippen molar-refractivity contribution in [1.29, 1.82) is 0 Å². The monoisotopic (exact) mass is 126 g/mol. The minimum atomic E-state index is -0.690. The van der Waals surface area contributed by atoms with Gasteiger partial charge in [0.25, 0.3) is 0 Å². The minimum absolute atomic E-state index is 0.152. The van der Waals surface area contributed by atoms with Crippen LogP contribution in [0.5, 0.6) is 0 Å². The highest BCUT2D eigenvalue weighted by atomic mass is 16.3. The van der Waals surface area contributed by atoms with Crippen molar-refractivity contribution in [1.82, 2.24) is 0 Å². The molecule has 0 atom stereocenters. The first-order valence-corrected chi connectivity index (χ1v) is 2.22. The normalized spacial score (nSPS) is 9.33. The van der Waals surface area contributed by atoms with Gasteiger partial charge in [-0.05, 0) is 12.2 Å². The van der Waals surface area contributed by atoms with E-state index in [-0.39, 0.29) is 12.0 Å². The van der Waals surface area contributed by atoms with Crippen LogP contribution in [0.25, 0.3) is 0 Å². The van der Waals surface area contributed by atoms with Gasteiger partial charge >= 0.3 is 0 Å². The minimum Gasteiger partial charge on any atom is -0.509 e. The molecule has 0 rings (SSSR count). The lowest BCUT2D eigenvalue weighted by atomic mass is 10.3. The summed E-state index contributed by atoms with van der Waals surface area (Å²) in [6.45, 7) is 3.06. The number of carbonyl (C=O) groups excluding carboxylic acids is 2. The predicted octanol–water partition coefficient (Wildman–Crippen LogP) is 0.382. The molecule has 48 valence electrons. The van der Waals surface area contributed by atoms with E-state index in [1.807, 2.05) is 0 Å². The lowest BCUT2D eigenvalue weighted by Crippen LogP contribution is -1.91. The Hall–Kier alpha value is -1.38. The summed E-state index contributed by atoms with van der Waals surface area (Å²) in [7, 11) is 0. The van der Waals surface area contributed by atoms with E-state index in [1.54, 1.807) is 0 Å². The second kappa shape index (κ2) is 3.60. The largest absolute Gasteiger partial charge is 0.509 e. The Morgan fingerprint density at radius 3 is 2.33 bits per heavy atom. The topological polar surface area (TPSA) is 54.4 Å². The smallest absolute Gasteiger partial charge is 0.218 e. The molecular weight excluding hydrogens is 120 g/mol. The van der Waals surface area contributed by atoms with Gasteiger partial charge in [0.15, 0.2) is 6.29 Å². The molecule has 0 saturated heterocycles. The van der Waals surface area contributed by atoms with Gasteiger partial charge in [0, 0.05) is 0 Å². The Morgan fingerprint density at radius 1 is 1.44 bits per heavy atom. The molecule has 0 unspecified atom stereocenters. The molecule has 3 heteroatoms. The number of hydrogen-bond donors (Lipinski definition) is 1. The maximum atomic E-state index is 10.1. The van der Waals surface area contributed by atoms with Crippen molar-refractivity contribution in [2.45, 2.75) is 0 Å². The van der Waals surface area contributed by atoms with E-state index >= 15 is 0 Å². The molecule has 0 bridgehead atoms. The second-order valence-corrected chi connectivity index (χ2v) is 1.34. The predicted molar refractivity (Wildman–Crippen MR) is 32.0 cm³/mol. The number of rotatable bonds is 3. The van der Waals surface area contributed by atoms with Gasteiger partial charge in [-0.2, -0.15) is 0 Å². The van der Waals surface area contributed by atoms with Crippen LogP contribution >= 0.6 is 0 Å². The Kier molecular flexibility index (Phi) is 3.05. The Bertz CT molecular complexity index is 167. The molecule has 3 nitrogen and oxygen atoms in total. The standard InChI is InChI=1S/C6H6O3/c1-5(8)2-3-6(9)4-7/h2-4,8H,1H2. The number of aliphatic hydroxyl groups is 1. The third kappa shape index (κ3) is 4.47. The summed E-state index contributed by atoms with van der Waals surface area (Å²) in [5.41, 5.74) is 0. The molecule has 0 radical (unpaired) electrons. The van der Waals surface area contributed by atoms with Gasteiger partial charge in [-0.15, -0.1) is 0 Å². The summed E-state index contributed by atoms with van der Waals surface area (Å²) in [5.74, 6) is -0.935. The average Bonchev–Trinajstić information content (AvgIpc) is 1.83. The lowest BCUT2D eigenvalue weighted by Gasteiger charge is -1.79. The number of allylic oxidation sites excluding steroid dienone is 2. The van der Waals surface area contributed by atoms with Crippen molar-refractivity contribution in [3.8, 4) is 0 Å². The first-order valence-electron chi connectivity index (χ1n) is 2.22. The van der Waals surface area contributed by atoms with Gasteiger partial charge in [-0.3, -0.25) is 9.59 Å². The lowest BCUT2D eigenvalue weighted by molar-refractivity contribution is -0.126. The summed E-state index contributed by atoms with van der Waals surface area (Å²) < 4.78 is 0. The van der Waals surface area contributed by atoms with E-state index in [2.05, 4.69) is 6.58 Å². The van der Waals surface area contributed by atoms with Gasteiger partial charge in [-0.1, -0.05) is 6.58 Å². The average molecular weight is 126 g/mol. The van der Waals surface area contributed by atoms with E-state index in [1.165, 1.54) is 0 Å². The molecule has 0 aromatic heterocycles. The van der Waals surface area contributed by atoms with Crippen molar-refractivity contribution >= 4 is 12.1 Å². The van der Waals surface area contributed by atoms with Crippen molar-refractivity contribution in [2.24, 2.45) is 0 Å². The zero-order valence-electron chi connectivity index (χ0n) is 4.70. The summed E-state index contributed by atoms with van der Waals surface area (Å²) in [6, 6.07) is 0. The van der Waals surface area contributed by atoms with Crippen LogP contribution in [0, 0.1) is 0 Å². The number of aldehydes is 1. The summed E-state index contributed by atoms with van der Waals surface area (Å²) >= 11 is 0. The van der Waals surface area contributed by atoms with Crippen molar-refractivity contribution in [3.05, 3.63) is 24.5 Å². The van der Waals surface area contributed by atoms with E-state index in [4.69, 9.17) is 5.11 Å². The Morgan fingerprint density at radius 2 is 2.00 bits per heavy atom. The molecular formula is C6H6O3. The molecule has 0 fully saturated rings. The molecule has 0 saturated carbocycles. The maximum absolute atomic E-state index is 10.1. The van der Waals surface area contributed by atoms with Gasteiger partial charge in [-0.25, -0.2) is 0 Å². The fraction of sp³-hybridized carbons (Fsp3) is 0. The first-order chi connectivity index (χ1) is 4.16. The van der Waals surface area contributed by atoms with Gasteiger partial charge in [0.05, 0.1) is 0 Å². The molecule has 0 aliphatic heterocycles. The third-order valence-corrected chi connectivity index (χ3v) is 0.556. The third-order valence-electron chi connectivity index (χ3n) is 0.556. The van der Waals surface area contributed by atoms with E-state index in [9.17, 15) is 9.59 Å². The zero-order valence-corrected chi connectivity index (χ0v) is 4.70. The van der Waals surface area contributed by atoms with Gasteiger partial charge in [0.2, 0.25) is 5.78 Å². The van der Waals surface area contributed by atoms with E-state index in [0.29, 0.717) is 0 Å². The van der Waals surface area contributed by atoms with Crippen LogP contribution in [0.15, 0.2) is 24.5 Å². The number of ketones is 1. The van der Waals surface area contributed by atoms with Gasteiger partial charge < -0.3 is 5.11 Å². The fourth-order valence-electron chi connectivity index (χ4n) is 0.218. The molecule has 0 amide bonds. The van der Waals surface area contributed by atoms with Crippen LogP contribution in [0.2, 0.25) is 0 Å². The number of aliphatic hydroxyl groups excluding tert-OH is 1. The molecule has 1 N–H and O–H groups in total. The quantitative estimate of drug-likeness (QED) is 0.195. The Labute approximate surface area is 52.3 Å². The molecule has 0 aromatic rings. The molecule has 0 aliphatic carbocycles. The number of carbonyl (C=O) groups is 2. The maximum Gasteiger partial charge on any atom is 0.218 e. The summed E-state index contributed by atoms with van der Waals surface area (Å²) in [5, 5.41) is 8.35. The van der Waals surface area contributed by atoms with Gasteiger partial charge in [0.1, 0.15) is 5.76 Å². The SMILES string of the molecule is C=C(O)C=CC(=O)C=O. The molecule has 0 aromatic carbocycles. The highest BCUT2D eigenvalue weighted by Gasteiger charge is 1.88. The van der Waals surface area contributed by atoms with Crippen molar-refractivity contribution < 1.29 is 14.7 Å².